The molecule has 0 radical (unpaired) electrons. The molecule has 4 rings (SSSR count). The molecule has 2 aromatic rings. The number of aromatic nitrogens is 4. The number of carbonyl (C=O) groups excluding carboxylic acids is 2. The third kappa shape index (κ3) is 3.76. The fourth-order valence-electron chi connectivity index (χ4n) is 4.45. The van der Waals surface area contributed by atoms with Crippen molar-refractivity contribution < 1.29 is 9.59 Å². The van der Waals surface area contributed by atoms with E-state index in [4.69, 9.17) is 0 Å². The molecule has 2 fully saturated rings. The highest BCUT2D eigenvalue weighted by Crippen LogP contribution is 2.40. The van der Waals surface area contributed by atoms with Crippen LogP contribution < -0.4 is 0 Å². The third-order valence-corrected chi connectivity index (χ3v) is 5.93. The lowest BCUT2D eigenvalue weighted by Crippen LogP contribution is -2.50. The molecule has 2 aliphatic heterocycles. The molecule has 28 heavy (non-hydrogen) atoms. The van der Waals surface area contributed by atoms with Crippen molar-refractivity contribution >= 4 is 11.8 Å². The van der Waals surface area contributed by atoms with Gasteiger partial charge in [0, 0.05) is 32.6 Å². The normalized spacial score (nSPS) is 22.2. The minimum Gasteiger partial charge on any atom is -0.342 e. The SMILES string of the molecule is Cc1cccc(CN2CCC[C@@]3(CCN(C(=O)CCn4cnnn4)C3)C2=O)c1. The summed E-state index contributed by atoms with van der Waals surface area (Å²) < 4.78 is 1.55. The van der Waals surface area contributed by atoms with Crippen LogP contribution in [0.3, 0.4) is 0 Å². The Morgan fingerprint density at radius 1 is 1.25 bits per heavy atom. The van der Waals surface area contributed by atoms with Gasteiger partial charge in [0.2, 0.25) is 11.8 Å². The molecule has 1 aromatic carbocycles. The summed E-state index contributed by atoms with van der Waals surface area (Å²) >= 11 is 0. The lowest BCUT2D eigenvalue weighted by Gasteiger charge is -2.39. The second kappa shape index (κ2) is 7.69. The lowest BCUT2D eigenvalue weighted by atomic mass is 9.78. The first-order valence-corrected chi connectivity index (χ1v) is 9.89. The summed E-state index contributed by atoms with van der Waals surface area (Å²) in [6.45, 7) is 5.15. The number of aryl methyl sites for hydroxylation is 2. The van der Waals surface area contributed by atoms with Gasteiger partial charge < -0.3 is 9.80 Å². The summed E-state index contributed by atoms with van der Waals surface area (Å²) in [5.41, 5.74) is 1.96. The van der Waals surface area contributed by atoms with Gasteiger partial charge in [0.05, 0.1) is 12.0 Å². The Morgan fingerprint density at radius 3 is 2.93 bits per heavy atom. The van der Waals surface area contributed by atoms with E-state index in [0.717, 1.165) is 31.4 Å². The van der Waals surface area contributed by atoms with Gasteiger partial charge in [0.15, 0.2) is 0 Å². The van der Waals surface area contributed by atoms with Gasteiger partial charge in [-0.2, -0.15) is 0 Å². The van der Waals surface area contributed by atoms with Gasteiger partial charge in [-0.3, -0.25) is 9.59 Å². The number of nitrogens with zero attached hydrogens (tertiary/aromatic N) is 6. The van der Waals surface area contributed by atoms with E-state index < -0.39 is 5.41 Å². The largest absolute Gasteiger partial charge is 0.342 e. The van der Waals surface area contributed by atoms with Crippen LogP contribution in [-0.4, -0.2) is 61.5 Å². The summed E-state index contributed by atoms with van der Waals surface area (Å²) in [6.07, 6.45) is 4.47. The number of likely N-dealkylation sites (tertiary alicyclic amines) is 2. The van der Waals surface area contributed by atoms with Gasteiger partial charge in [-0.25, -0.2) is 4.68 Å². The van der Waals surface area contributed by atoms with Crippen LogP contribution in [0.2, 0.25) is 0 Å². The van der Waals surface area contributed by atoms with Crippen LogP contribution in [0.4, 0.5) is 0 Å². The summed E-state index contributed by atoms with van der Waals surface area (Å²) in [5, 5.41) is 11.0. The van der Waals surface area contributed by atoms with E-state index >= 15 is 0 Å². The fraction of sp³-hybridized carbons (Fsp3) is 0.550. The molecule has 0 N–H and O–H groups in total. The van der Waals surface area contributed by atoms with Crippen molar-refractivity contribution in [1.82, 2.24) is 30.0 Å². The molecule has 2 aliphatic rings. The average molecular weight is 382 g/mol. The zero-order valence-electron chi connectivity index (χ0n) is 16.3. The van der Waals surface area contributed by atoms with E-state index in [1.807, 2.05) is 15.9 Å². The van der Waals surface area contributed by atoms with Gasteiger partial charge in [-0.05, 0) is 42.2 Å². The maximum Gasteiger partial charge on any atom is 0.230 e. The van der Waals surface area contributed by atoms with E-state index in [-0.39, 0.29) is 11.8 Å². The third-order valence-electron chi connectivity index (χ3n) is 5.93. The lowest BCUT2D eigenvalue weighted by molar-refractivity contribution is -0.146. The molecule has 0 saturated carbocycles. The zero-order chi connectivity index (χ0) is 19.6. The van der Waals surface area contributed by atoms with Crippen molar-refractivity contribution in [3.8, 4) is 0 Å². The van der Waals surface area contributed by atoms with Gasteiger partial charge in [-0.15, -0.1) is 5.10 Å². The number of piperidine rings is 1. The Labute approximate surface area is 164 Å². The maximum absolute atomic E-state index is 13.3. The highest BCUT2D eigenvalue weighted by Gasteiger charge is 2.49. The van der Waals surface area contributed by atoms with Crippen molar-refractivity contribution in [2.24, 2.45) is 5.41 Å². The molecule has 0 bridgehead atoms. The Bertz CT molecular complexity index is 852. The van der Waals surface area contributed by atoms with E-state index in [1.165, 1.54) is 11.9 Å². The van der Waals surface area contributed by atoms with Crippen LogP contribution in [0.25, 0.3) is 0 Å². The second-order valence-corrected chi connectivity index (χ2v) is 7.99. The topological polar surface area (TPSA) is 84.2 Å². The van der Waals surface area contributed by atoms with E-state index in [0.29, 0.717) is 32.6 Å². The monoisotopic (exact) mass is 382 g/mol. The summed E-state index contributed by atoms with van der Waals surface area (Å²) in [6, 6.07) is 8.32. The summed E-state index contributed by atoms with van der Waals surface area (Å²) in [7, 11) is 0. The molecule has 1 atom stereocenters. The molecule has 1 aromatic heterocycles. The summed E-state index contributed by atoms with van der Waals surface area (Å²) in [4.78, 5) is 29.7. The minimum absolute atomic E-state index is 0.0657. The zero-order valence-corrected chi connectivity index (χ0v) is 16.3. The molecule has 2 amide bonds. The first kappa shape index (κ1) is 18.6. The Balaban J connectivity index is 1.38. The molecular formula is C20H26N6O2. The highest BCUT2D eigenvalue weighted by molar-refractivity contribution is 5.86. The minimum atomic E-state index is -0.410. The predicted molar refractivity (Wildman–Crippen MR) is 102 cm³/mol. The quantitative estimate of drug-likeness (QED) is 0.781. The standard InChI is InChI=1S/C20H26N6O2/c1-16-4-2-5-17(12-16)13-24-9-3-7-20(19(24)28)8-11-25(14-20)18(27)6-10-26-15-21-22-23-26/h2,4-5,12,15H,3,6-11,13-14H2,1H3/t20-/m0/s1. The smallest absolute Gasteiger partial charge is 0.230 e. The Morgan fingerprint density at radius 2 is 2.14 bits per heavy atom. The summed E-state index contributed by atoms with van der Waals surface area (Å²) in [5.74, 6) is 0.270. The van der Waals surface area contributed by atoms with Crippen molar-refractivity contribution in [1.29, 1.82) is 0 Å². The predicted octanol–water partition coefficient (Wildman–Crippen LogP) is 1.41. The van der Waals surface area contributed by atoms with Crippen molar-refractivity contribution in [2.45, 2.75) is 45.7 Å². The highest BCUT2D eigenvalue weighted by atomic mass is 16.2. The van der Waals surface area contributed by atoms with Crippen LogP contribution in [0.15, 0.2) is 30.6 Å². The number of tetrazole rings is 1. The molecule has 3 heterocycles. The Hall–Kier alpha value is -2.77. The first-order chi connectivity index (χ1) is 13.6. The number of benzene rings is 1. The van der Waals surface area contributed by atoms with Gasteiger partial charge in [0.25, 0.3) is 0 Å². The average Bonchev–Trinajstić information content (AvgIpc) is 3.35. The van der Waals surface area contributed by atoms with Gasteiger partial charge >= 0.3 is 0 Å². The van der Waals surface area contributed by atoms with Crippen LogP contribution in [0.5, 0.6) is 0 Å². The number of rotatable bonds is 5. The number of carbonyl (C=O) groups is 2. The molecule has 148 valence electrons. The van der Waals surface area contributed by atoms with Crippen LogP contribution in [-0.2, 0) is 22.7 Å². The van der Waals surface area contributed by atoms with Crippen LogP contribution in [0, 0.1) is 12.3 Å². The van der Waals surface area contributed by atoms with Crippen LogP contribution in [0.1, 0.15) is 36.8 Å². The molecule has 0 aliphatic carbocycles. The first-order valence-electron chi connectivity index (χ1n) is 9.89. The van der Waals surface area contributed by atoms with Crippen molar-refractivity contribution in [3.05, 3.63) is 41.7 Å². The van der Waals surface area contributed by atoms with E-state index in [2.05, 4.69) is 40.6 Å². The molecule has 2 saturated heterocycles. The van der Waals surface area contributed by atoms with Gasteiger partial charge in [-0.1, -0.05) is 29.8 Å². The van der Waals surface area contributed by atoms with Crippen LogP contribution >= 0.6 is 0 Å². The van der Waals surface area contributed by atoms with E-state index in [1.54, 1.807) is 4.68 Å². The molecule has 1 spiro atoms. The van der Waals surface area contributed by atoms with Crippen molar-refractivity contribution in [2.75, 3.05) is 19.6 Å². The molecule has 8 heteroatoms. The Kier molecular flexibility index (Phi) is 5.11. The van der Waals surface area contributed by atoms with Crippen molar-refractivity contribution in [3.63, 3.8) is 0 Å². The van der Waals surface area contributed by atoms with E-state index in [9.17, 15) is 9.59 Å². The number of hydrogen-bond donors (Lipinski definition) is 0. The molecule has 0 unspecified atom stereocenters. The fourth-order valence-corrected chi connectivity index (χ4v) is 4.45. The molecule has 8 nitrogen and oxygen atoms in total. The number of hydrogen-bond acceptors (Lipinski definition) is 5. The second-order valence-electron chi connectivity index (χ2n) is 7.99. The molecular weight excluding hydrogens is 356 g/mol. The number of amides is 2. The maximum atomic E-state index is 13.3. The van der Waals surface area contributed by atoms with Gasteiger partial charge in [0.1, 0.15) is 6.33 Å².